The van der Waals surface area contributed by atoms with Gasteiger partial charge in [-0.1, -0.05) is 35.9 Å². The van der Waals surface area contributed by atoms with Gasteiger partial charge in [-0.25, -0.2) is 0 Å². The standard InChI is InChI=1S/C23H23NO5/c1-16(2)11-12-27-21-19-10-9-18(28-14-17-7-5-4-6-8-17)13-20(19)24(3)23(26)22(21)29-15-25/h4-11,13,15H,12,14H2,1-3H3. The maximum atomic E-state index is 12.7. The number of carbonyl (C=O) groups is 1. The Balaban J connectivity index is 2.01. The van der Waals surface area contributed by atoms with E-state index in [-0.39, 0.29) is 24.6 Å². The summed E-state index contributed by atoms with van der Waals surface area (Å²) in [6.45, 7) is 4.80. The number of rotatable bonds is 8. The monoisotopic (exact) mass is 393 g/mol. The molecule has 0 unspecified atom stereocenters. The Morgan fingerprint density at radius 1 is 1.03 bits per heavy atom. The lowest BCUT2D eigenvalue weighted by molar-refractivity contribution is -0.120. The summed E-state index contributed by atoms with van der Waals surface area (Å²) >= 11 is 0. The zero-order valence-corrected chi connectivity index (χ0v) is 16.7. The fourth-order valence-corrected chi connectivity index (χ4v) is 2.88. The van der Waals surface area contributed by atoms with Crippen molar-refractivity contribution < 1.29 is 19.0 Å². The smallest absolute Gasteiger partial charge is 0.298 e. The average molecular weight is 393 g/mol. The Hall–Kier alpha value is -3.54. The Kier molecular flexibility index (Phi) is 6.34. The van der Waals surface area contributed by atoms with Crippen LogP contribution in [-0.4, -0.2) is 17.6 Å². The number of carbonyl (C=O) groups excluding carboxylic acids is 1. The van der Waals surface area contributed by atoms with Gasteiger partial charge in [-0.15, -0.1) is 0 Å². The third kappa shape index (κ3) is 4.66. The normalized spacial score (nSPS) is 10.4. The highest BCUT2D eigenvalue weighted by molar-refractivity contribution is 5.89. The molecule has 2 aromatic carbocycles. The molecule has 0 aliphatic carbocycles. The van der Waals surface area contributed by atoms with Crippen LogP contribution < -0.4 is 19.8 Å². The first-order valence-electron chi connectivity index (χ1n) is 9.21. The molecule has 0 saturated heterocycles. The SMILES string of the molecule is CC(C)=CCOc1c(OC=O)c(=O)n(C)c2cc(OCc3ccccc3)ccc12. The molecule has 0 N–H and O–H groups in total. The van der Waals surface area contributed by atoms with E-state index in [2.05, 4.69) is 0 Å². The summed E-state index contributed by atoms with van der Waals surface area (Å²) in [5.41, 5.74) is 2.28. The highest BCUT2D eigenvalue weighted by Crippen LogP contribution is 2.34. The number of allylic oxidation sites excluding steroid dienone is 1. The summed E-state index contributed by atoms with van der Waals surface area (Å²) in [5.74, 6) is 0.730. The van der Waals surface area contributed by atoms with Crippen molar-refractivity contribution in [2.75, 3.05) is 6.61 Å². The second-order valence-corrected chi connectivity index (χ2v) is 6.78. The highest BCUT2D eigenvalue weighted by Gasteiger charge is 2.19. The molecular weight excluding hydrogens is 370 g/mol. The van der Waals surface area contributed by atoms with Crippen molar-refractivity contribution >= 4 is 17.4 Å². The molecule has 6 heteroatoms. The van der Waals surface area contributed by atoms with Crippen molar-refractivity contribution in [3.05, 3.63) is 76.1 Å². The largest absolute Gasteiger partial charge is 0.489 e. The zero-order valence-electron chi connectivity index (χ0n) is 16.7. The third-order valence-electron chi connectivity index (χ3n) is 4.41. The first-order valence-corrected chi connectivity index (χ1v) is 9.21. The molecular formula is C23H23NO5. The second-order valence-electron chi connectivity index (χ2n) is 6.78. The van der Waals surface area contributed by atoms with Crippen molar-refractivity contribution in [3.8, 4) is 17.2 Å². The van der Waals surface area contributed by atoms with Crippen LogP contribution in [0.4, 0.5) is 0 Å². The van der Waals surface area contributed by atoms with Crippen LogP contribution in [0.1, 0.15) is 19.4 Å². The number of aryl methyl sites for hydroxylation is 1. The molecule has 1 heterocycles. The number of nitrogens with zero attached hydrogens (tertiary/aromatic N) is 1. The molecule has 0 fully saturated rings. The number of benzene rings is 2. The second kappa shape index (κ2) is 9.10. The highest BCUT2D eigenvalue weighted by atomic mass is 16.5. The summed E-state index contributed by atoms with van der Waals surface area (Å²) in [7, 11) is 1.61. The van der Waals surface area contributed by atoms with Gasteiger partial charge >= 0.3 is 0 Å². The average Bonchev–Trinajstić information content (AvgIpc) is 2.73. The minimum atomic E-state index is -0.461. The van der Waals surface area contributed by atoms with Gasteiger partial charge in [0, 0.05) is 18.5 Å². The topological polar surface area (TPSA) is 66.8 Å². The summed E-state index contributed by atoms with van der Waals surface area (Å²) in [6, 6.07) is 15.2. The lowest BCUT2D eigenvalue weighted by Gasteiger charge is -2.15. The van der Waals surface area contributed by atoms with E-state index < -0.39 is 5.56 Å². The fourth-order valence-electron chi connectivity index (χ4n) is 2.88. The molecule has 0 spiro atoms. The van der Waals surface area contributed by atoms with E-state index in [9.17, 15) is 9.59 Å². The zero-order chi connectivity index (χ0) is 20.8. The van der Waals surface area contributed by atoms with Crippen LogP contribution in [-0.2, 0) is 18.4 Å². The van der Waals surface area contributed by atoms with Gasteiger partial charge in [-0.2, -0.15) is 0 Å². The fraction of sp³-hybridized carbons (Fsp3) is 0.217. The number of fused-ring (bicyclic) bond motifs is 1. The molecule has 0 saturated carbocycles. The maximum Gasteiger partial charge on any atom is 0.298 e. The van der Waals surface area contributed by atoms with Gasteiger partial charge in [0.05, 0.1) is 5.52 Å². The van der Waals surface area contributed by atoms with E-state index in [0.717, 1.165) is 11.1 Å². The maximum absolute atomic E-state index is 12.7. The van der Waals surface area contributed by atoms with Crippen LogP contribution in [0.15, 0.2) is 65.0 Å². The Morgan fingerprint density at radius 3 is 2.48 bits per heavy atom. The molecule has 0 atom stereocenters. The quantitative estimate of drug-likeness (QED) is 0.428. The molecule has 0 radical (unpaired) electrons. The predicted octanol–water partition coefficient (Wildman–Crippen LogP) is 4.00. The Bertz CT molecular complexity index is 1100. The third-order valence-corrected chi connectivity index (χ3v) is 4.41. The van der Waals surface area contributed by atoms with Crippen LogP contribution in [0, 0.1) is 0 Å². The molecule has 0 bridgehead atoms. The number of aromatic nitrogens is 1. The minimum absolute atomic E-state index is 0.130. The molecule has 3 aromatic rings. The van der Waals surface area contributed by atoms with Crippen LogP contribution in [0.3, 0.4) is 0 Å². The summed E-state index contributed by atoms with van der Waals surface area (Å²) in [4.78, 5) is 23.6. The van der Waals surface area contributed by atoms with E-state index in [1.54, 1.807) is 25.2 Å². The van der Waals surface area contributed by atoms with Gasteiger partial charge < -0.3 is 18.8 Å². The molecule has 0 aliphatic rings. The lowest BCUT2D eigenvalue weighted by atomic mass is 10.1. The van der Waals surface area contributed by atoms with E-state index in [1.807, 2.05) is 50.3 Å². The van der Waals surface area contributed by atoms with Crippen molar-refractivity contribution in [3.63, 3.8) is 0 Å². The first kappa shape index (κ1) is 20.2. The summed E-state index contributed by atoms with van der Waals surface area (Å²) < 4.78 is 18.0. The van der Waals surface area contributed by atoms with Gasteiger partial charge in [-0.3, -0.25) is 9.59 Å². The van der Waals surface area contributed by atoms with Gasteiger partial charge in [0.15, 0.2) is 5.75 Å². The van der Waals surface area contributed by atoms with Crippen LogP contribution in [0.5, 0.6) is 17.2 Å². The Morgan fingerprint density at radius 2 is 1.79 bits per heavy atom. The van der Waals surface area contributed by atoms with Crippen molar-refractivity contribution in [2.45, 2.75) is 20.5 Å². The van der Waals surface area contributed by atoms with Gasteiger partial charge in [0.1, 0.15) is 19.0 Å². The van der Waals surface area contributed by atoms with Crippen molar-refractivity contribution in [1.29, 1.82) is 0 Å². The van der Waals surface area contributed by atoms with Crippen molar-refractivity contribution in [2.24, 2.45) is 7.05 Å². The van der Waals surface area contributed by atoms with Crippen molar-refractivity contribution in [1.82, 2.24) is 4.57 Å². The van der Waals surface area contributed by atoms with E-state index >= 15 is 0 Å². The van der Waals surface area contributed by atoms with Crippen LogP contribution >= 0.6 is 0 Å². The number of pyridine rings is 1. The molecule has 0 aliphatic heterocycles. The molecule has 29 heavy (non-hydrogen) atoms. The molecule has 150 valence electrons. The Labute approximate surface area is 168 Å². The van der Waals surface area contributed by atoms with Gasteiger partial charge in [-0.05, 0) is 37.6 Å². The molecule has 0 amide bonds. The number of hydrogen-bond donors (Lipinski definition) is 0. The van der Waals surface area contributed by atoms with Gasteiger partial charge in [0.2, 0.25) is 5.75 Å². The number of hydrogen-bond acceptors (Lipinski definition) is 5. The summed E-state index contributed by atoms with van der Waals surface area (Å²) in [5, 5.41) is 0.651. The van der Waals surface area contributed by atoms with Crippen LogP contribution in [0.2, 0.25) is 0 Å². The lowest BCUT2D eigenvalue weighted by Crippen LogP contribution is -2.21. The molecule has 1 aromatic heterocycles. The van der Waals surface area contributed by atoms with Crippen LogP contribution in [0.25, 0.3) is 10.9 Å². The van der Waals surface area contributed by atoms with E-state index in [1.165, 1.54) is 4.57 Å². The van der Waals surface area contributed by atoms with E-state index in [0.29, 0.717) is 23.3 Å². The minimum Gasteiger partial charge on any atom is -0.489 e. The predicted molar refractivity (Wildman–Crippen MR) is 112 cm³/mol. The van der Waals surface area contributed by atoms with E-state index in [4.69, 9.17) is 14.2 Å². The number of ether oxygens (including phenoxy) is 3. The first-order chi connectivity index (χ1) is 14.0. The summed E-state index contributed by atoms with van der Waals surface area (Å²) in [6.07, 6.45) is 1.88. The van der Waals surface area contributed by atoms with Gasteiger partial charge in [0.25, 0.3) is 12.0 Å². The molecule has 3 rings (SSSR count). The molecule has 6 nitrogen and oxygen atoms in total.